The topological polar surface area (TPSA) is 104 Å². The predicted molar refractivity (Wildman–Crippen MR) is 89.5 cm³/mol. The molecule has 1 aromatic heterocycles. The van der Waals surface area contributed by atoms with E-state index in [9.17, 15) is 14.9 Å². The van der Waals surface area contributed by atoms with Gasteiger partial charge >= 0.3 is 5.69 Å². The van der Waals surface area contributed by atoms with Gasteiger partial charge in [-0.05, 0) is 31.5 Å². The van der Waals surface area contributed by atoms with Gasteiger partial charge in [0, 0.05) is 29.8 Å². The van der Waals surface area contributed by atoms with Crippen molar-refractivity contribution < 1.29 is 9.72 Å². The molecule has 0 radical (unpaired) electrons. The lowest BCUT2D eigenvalue weighted by molar-refractivity contribution is -0.385. The van der Waals surface area contributed by atoms with E-state index < -0.39 is 10.8 Å². The maximum atomic E-state index is 12.3. The van der Waals surface area contributed by atoms with Gasteiger partial charge in [0.25, 0.3) is 5.91 Å². The zero-order valence-corrected chi connectivity index (χ0v) is 13.7. The number of amides is 1. The summed E-state index contributed by atoms with van der Waals surface area (Å²) in [7, 11) is 0. The minimum atomic E-state index is -0.597. The summed E-state index contributed by atoms with van der Waals surface area (Å²) in [6, 6.07) is 7.40. The second-order valence-electron chi connectivity index (χ2n) is 5.69. The van der Waals surface area contributed by atoms with Gasteiger partial charge in [-0.2, -0.15) is 5.10 Å². The molecular weight excluding hydrogens is 334 g/mol. The highest BCUT2D eigenvalue weighted by molar-refractivity contribution is 6.30. The number of benzene rings is 1. The standard InChI is InChI=1S/C15H16ClN5O3/c1-9-14(21(23)24)13(19-18-9)15(22)17-11-5-6-20(8-11)12-4-2-3-10(16)7-12/h2-4,7,11H,5-6,8H2,1H3,(H,17,22)(H,18,19)/t11-/m0/s1. The summed E-state index contributed by atoms with van der Waals surface area (Å²) in [5.41, 5.74) is 0.786. The SMILES string of the molecule is Cc1[nH]nc(C(=O)N[C@H]2CCN(c3cccc(Cl)c3)C2)c1[N+](=O)[O-]. The molecule has 0 spiro atoms. The van der Waals surface area contributed by atoms with Gasteiger partial charge < -0.3 is 10.2 Å². The number of carbonyl (C=O) groups excluding carboxylic acids is 1. The van der Waals surface area contributed by atoms with E-state index in [-0.39, 0.29) is 23.1 Å². The second kappa shape index (κ2) is 6.48. The summed E-state index contributed by atoms with van der Waals surface area (Å²) < 4.78 is 0. The van der Waals surface area contributed by atoms with Gasteiger partial charge in [0.2, 0.25) is 5.69 Å². The maximum Gasteiger partial charge on any atom is 0.322 e. The van der Waals surface area contributed by atoms with Gasteiger partial charge in [0.05, 0.1) is 4.92 Å². The molecule has 1 saturated heterocycles. The molecule has 0 bridgehead atoms. The summed E-state index contributed by atoms with van der Waals surface area (Å²) in [4.78, 5) is 24.9. The Labute approximate surface area is 142 Å². The van der Waals surface area contributed by atoms with Crippen molar-refractivity contribution in [3.05, 3.63) is 50.8 Å². The zero-order chi connectivity index (χ0) is 17.3. The fraction of sp³-hybridized carbons (Fsp3) is 0.333. The normalized spacial score (nSPS) is 17.1. The van der Waals surface area contributed by atoms with Crippen molar-refractivity contribution >= 4 is 28.9 Å². The van der Waals surface area contributed by atoms with Crippen molar-refractivity contribution in [2.75, 3.05) is 18.0 Å². The Balaban J connectivity index is 1.68. The van der Waals surface area contributed by atoms with Gasteiger partial charge in [-0.25, -0.2) is 0 Å². The Morgan fingerprint density at radius 3 is 3.04 bits per heavy atom. The van der Waals surface area contributed by atoms with Gasteiger partial charge in [0.1, 0.15) is 5.69 Å². The van der Waals surface area contributed by atoms with E-state index in [1.165, 1.54) is 6.92 Å². The lowest BCUT2D eigenvalue weighted by atomic mass is 10.2. The van der Waals surface area contributed by atoms with Crippen LogP contribution in [0.15, 0.2) is 24.3 Å². The van der Waals surface area contributed by atoms with Crippen LogP contribution in [0.5, 0.6) is 0 Å². The number of nitro groups is 1. The van der Waals surface area contributed by atoms with Crippen LogP contribution >= 0.6 is 11.6 Å². The van der Waals surface area contributed by atoms with Gasteiger partial charge in [-0.15, -0.1) is 0 Å². The van der Waals surface area contributed by atoms with E-state index in [0.29, 0.717) is 11.6 Å². The van der Waals surface area contributed by atoms with Crippen LogP contribution in [0.3, 0.4) is 0 Å². The monoisotopic (exact) mass is 349 g/mol. The van der Waals surface area contributed by atoms with Crippen LogP contribution in [0.2, 0.25) is 5.02 Å². The van der Waals surface area contributed by atoms with Gasteiger partial charge in [-0.3, -0.25) is 20.0 Å². The number of carbonyl (C=O) groups is 1. The van der Waals surface area contributed by atoms with Gasteiger partial charge in [0.15, 0.2) is 0 Å². The molecule has 2 N–H and O–H groups in total. The lowest BCUT2D eigenvalue weighted by Gasteiger charge is -2.19. The van der Waals surface area contributed by atoms with Crippen molar-refractivity contribution in [3.63, 3.8) is 0 Å². The third-order valence-electron chi connectivity index (χ3n) is 4.01. The van der Waals surface area contributed by atoms with Crippen molar-refractivity contribution in [2.45, 2.75) is 19.4 Å². The molecule has 2 aromatic rings. The molecule has 126 valence electrons. The lowest BCUT2D eigenvalue weighted by Crippen LogP contribution is -2.37. The van der Waals surface area contributed by atoms with Gasteiger partial charge in [-0.1, -0.05) is 17.7 Å². The molecule has 1 aliphatic heterocycles. The summed E-state index contributed by atoms with van der Waals surface area (Å²) in [6.07, 6.45) is 0.745. The average Bonchev–Trinajstić information content (AvgIpc) is 3.14. The molecule has 0 unspecified atom stereocenters. The molecule has 9 heteroatoms. The van der Waals surface area contributed by atoms with Crippen molar-refractivity contribution in [2.24, 2.45) is 0 Å². The molecule has 1 aromatic carbocycles. The third kappa shape index (κ3) is 3.18. The molecule has 2 heterocycles. The number of aromatic amines is 1. The Morgan fingerprint density at radius 1 is 1.54 bits per heavy atom. The quantitative estimate of drug-likeness (QED) is 0.651. The first-order valence-electron chi connectivity index (χ1n) is 7.46. The number of aryl methyl sites for hydroxylation is 1. The third-order valence-corrected chi connectivity index (χ3v) is 4.24. The van der Waals surface area contributed by atoms with Crippen LogP contribution in [0.1, 0.15) is 22.6 Å². The fourth-order valence-electron chi connectivity index (χ4n) is 2.84. The van der Waals surface area contributed by atoms with Crippen LogP contribution in [-0.4, -0.2) is 40.2 Å². The van der Waals surface area contributed by atoms with Crippen LogP contribution in [0.25, 0.3) is 0 Å². The number of hydrogen-bond donors (Lipinski definition) is 2. The van der Waals surface area contributed by atoms with E-state index in [4.69, 9.17) is 11.6 Å². The Hall–Kier alpha value is -2.61. The number of halogens is 1. The molecule has 0 saturated carbocycles. The molecular formula is C15H16ClN5O3. The van der Waals surface area contributed by atoms with E-state index in [0.717, 1.165) is 18.7 Å². The molecule has 1 fully saturated rings. The summed E-state index contributed by atoms with van der Waals surface area (Å²) in [6.45, 7) is 2.90. The van der Waals surface area contributed by atoms with Crippen LogP contribution < -0.4 is 10.2 Å². The number of hydrogen-bond acceptors (Lipinski definition) is 5. The van der Waals surface area contributed by atoms with Crippen molar-refractivity contribution in [1.82, 2.24) is 15.5 Å². The number of anilines is 1. The van der Waals surface area contributed by atoms with Crippen molar-refractivity contribution in [1.29, 1.82) is 0 Å². The molecule has 8 nitrogen and oxygen atoms in total. The average molecular weight is 350 g/mol. The van der Waals surface area contributed by atoms with E-state index in [2.05, 4.69) is 20.4 Å². The molecule has 1 amide bonds. The van der Waals surface area contributed by atoms with E-state index >= 15 is 0 Å². The highest BCUT2D eigenvalue weighted by Crippen LogP contribution is 2.24. The number of nitrogens with one attached hydrogen (secondary N) is 2. The molecule has 0 aliphatic carbocycles. The second-order valence-corrected chi connectivity index (χ2v) is 6.12. The smallest absolute Gasteiger partial charge is 0.322 e. The van der Waals surface area contributed by atoms with Crippen LogP contribution in [-0.2, 0) is 0 Å². The van der Waals surface area contributed by atoms with E-state index in [1.54, 1.807) is 6.07 Å². The maximum absolute atomic E-state index is 12.3. The minimum Gasteiger partial charge on any atom is -0.369 e. The number of rotatable bonds is 4. The summed E-state index contributed by atoms with van der Waals surface area (Å²) in [5, 5.41) is 20.8. The first-order valence-corrected chi connectivity index (χ1v) is 7.84. The minimum absolute atomic E-state index is 0.104. The first-order chi connectivity index (χ1) is 11.5. The molecule has 24 heavy (non-hydrogen) atoms. The van der Waals surface area contributed by atoms with Crippen LogP contribution in [0.4, 0.5) is 11.4 Å². The van der Waals surface area contributed by atoms with E-state index in [1.807, 2.05) is 18.2 Å². The zero-order valence-electron chi connectivity index (χ0n) is 13.0. The first kappa shape index (κ1) is 16.3. The number of aromatic nitrogens is 2. The Kier molecular flexibility index (Phi) is 4.39. The van der Waals surface area contributed by atoms with Crippen molar-refractivity contribution in [3.8, 4) is 0 Å². The number of nitrogens with zero attached hydrogens (tertiary/aromatic N) is 3. The Bertz CT molecular complexity index is 791. The summed E-state index contributed by atoms with van der Waals surface area (Å²) in [5.74, 6) is -0.538. The predicted octanol–water partition coefficient (Wildman–Crippen LogP) is 2.29. The Morgan fingerprint density at radius 2 is 2.33 bits per heavy atom. The molecule has 3 rings (SSSR count). The molecule has 1 aliphatic rings. The fourth-order valence-corrected chi connectivity index (χ4v) is 3.03. The highest BCUT2D eigenvalue weighted by Gasteiger charge is 2.30. The number of H-pyrrole nitrogens is 1. The molecule has 1 atom stereocenters. The highest BCUT2D eigenvalue weighted by atomic mass is 35.5. The van der Waals surface area contributed by atoms with Crippen LogP contribution in [0, 0.1) is 17.0 Å². The summed E-state index contributed by atoms with van der Waals surface area (Å²) >= 11 is 6.00. The largest absolute Gasteiger partial charge is 0.369 e.